The number of hydrogen-bond acceptors (Lipinski definition) is 5. The Hall–Kier alpha value is -4.08. The molecule has 42 heavy (non-hydrogen) atoms. The molecule has 1 saturated heterocycles. The molecule has 216 valence electrons. The maximum atomic E-state index is 13.3. The van der Waals surface area contributed by atoms with Gasteiger partial charge in [-0.25, -0.2) is 12.8 Å². The van der Waals surface area contributed by atoms with E-state index in [9.17, 15) is 22.9 Å². The van der Waals surface area contributed by atoms with Gasteiger partial charge < -0.3 is 4.74 Å². The van der Waals surface area contributed by atoms with Crippen molar-refractivity contribution in [1.82, 2.24) is 4.31 Å². The largest absolute Gasteiger partial charge is 0.493 e. The van der Waals surface area contributed by atoms with Gasteiger partial charge in [-0.15, -0.1) is 0 Å². The number of non-ortho nitro benzene ring substituents is 1. The van der Waals surface area contributed by atoms with E-state index < -0.39 is 15.8 Å². The molecule has 1 aliphatic heterocycles. The number of fused-ring (bicyclic) bond motifs is 3. The summed E-state index contributed by atoms with van der Waals surface area (Å²) in [6.07, 6.45) is 10.6. The predicted octanol–water partition coefficient (Wildman–Crippen LogP) is 7.26. The molecule has 1 heterocycles. The fourth-order valence-electron chi connectivity index (χ4n) is 6.01. The van der Waals surface area contributed by atoms with Crippen molar-refractivity contribution in [1.29, 1.82) is 0 Å². The van der Waals surface area contributed by atoms with Crippen LogP contribution in [0.1, 0.15) is 48.8 Å². The lowest BCUT2D eigenvalue weighted by atomic mass is 9.95. The standard InChI is InChI=1S/C33H31FN2O5S/c34-25-9-12-27(13-10-25)42(39,40)35-18-15-23(16-19-35)17-20-41-33-8-4-1-5-24(33)21-31-29-7-3-2-6-28(29)30-14-11-26(36(37)38)22-32(30)31/h1,4-14,21-23H,2-3,15-20H2. The quantitative estimate of drug-likeness (QED) is 0.205. The number of nitro benzene ring substituents is 1. The zero-order valence-electron chi connectivity index (χ0n) is 23.0. The highest BCUT2D eigenvalue weighted by atomic mass is 32.2. The fourth-order valence-corrected chi connectivity index (χ4v) is 7.48. The number of hydrogen-bond donors (Lipinski definition) is 0. The maximum Gasteiger partial charge on any atom is 0.270 e. The first-order valence-electron chi connectivity index (χ1n) is 14.2. The summed E-state index contributed by atoms with van der Waals surface area (Å²) < 4.78 is 46.9. The van der Waals surface area contributed by atoms with E-state index in [2.05, 4.69) is 18.2 Å². The monoisotopic (exact) mass is 586 g/mol. The Bertz CT molecular complexity index is 1720. The zero-order valence-corrected chi connectivity index (χ0v) is 23.9. The smallest absolute Gasteiger partial charge is 0.270 e. The summed E-state index contributed by atoms with van der Waals surface area (Å²) in [7, 11) is -3.64. The van der Waals surface area contributed by atoms with Crippen molar-refractivity contribution in [3.05, 3.63) is 117 Å². The summed E-state index contributed by atoms with van der Waals surface area (Å²) in [5.41, 5.74) is 6.05. The second-order valence-corrected chi connectivity index (χ2v) is 12.8. The fraction of sp³-hybridized carbons (Fsp3) is 0.273. The van der Waals surface area contributed by atoms with Crippen molar-refractivity contribution >= 4 is 32.9 Å². The number of benzene rings is 3. The van der Waals surface area contributed by atoms with Crippen LogP contribution in [0.4, 0.5) is 10.1 Å². The Morgan fingerprint density at radius 1 is 0.952 bits per heavy atom. The third-order valence-electron chi connectivity index (χ3n) is 8.27. The topological polar surface area (TPSA) is 89.8 Å². The van der Waals surface area contributed by atoms with Gasteiger partial charge >= 0.3 is 0 Å². The van der Waals surface area contributed by atoms with Crippen LogP contribution in [0.25, 0.3) is 17.2 Å². The van der Waals surface area contributed by atoms with E-state index in [1.807, 2.05) is 30.3 Å². The van der Waals surface area contributed by atoms with Gasteiger partial charge in [0.2, 0.25) is 10.0 Å². The summed E-state index contributed by atoms with van der Waals surface area (Å²) >= 11 is 0. The third kappa shape index (κ3) is 5.54. The van der Waals surface area contributed by atoms with Crippen molar-refractivity contribution in [3.63, 3.8) is 0 Å². The molecule has 0 bridgehead atoms. The molecule has 3 aromatic carbocycles. The van der Waals surface area contributed by atoms with Gasteiger partial charge in [-0.3, -0.25) is 10.1 Å². The molecule has 9 heteroatoms. The first kappa shape index (κ1) is 28.1. The average molecular weight is 587 g/mol. The number of piperidine rings is 1. The number of sulfonamides is 1. The van der Waals surface area contributed by atoms with Gasteiger partial charge in [-0.05, 0) is 108 Å². The number of rotatable bonds is 8. The van der Waals surface area contributed by atoms with Gasteiger partial charge in [0.1, 0.15) is 11.6 Å². The molecule has 0 radical (unpaired) electrons. The lowest BCUT2D eigenvalue weighted by Gasteiger charge is -2.31. The molecule has 0 saturated carbocycles. The van der Waals surface area contributed by atoms with E-state index in [4.69, 9.17) is 4.74 Å². The molecular weight excluding hydrogens is 555 g/mol. The highest BCUT2D eigenvalue weighted by Crippen LogP contribution is 2.49. The minimum atomic E-state index is -3.64. The average Bonchev–Trinajstić information content (AvgIpc) is 3.31. The third-order valence-corrected chi connectivity index (χ3v) is 10.2. The van der Waals surface area contributed by atoms with E-state index in [1.165, 1.54) is 28.6 Å². The van der Waals surface area contributed by atoms with Crippen LogP contribution in [0.15, 0.2) is 89.4 Å². The maximum absolute atomic E-state index is 13.3. The van der Waals surface area contributed by atoms with Crippen molar-refractivity contribution < 1.29 is 22.5 Å². The minimum absolute atomic E-state index is 0.0699. The van der Waals surface area contributed by atoms with Crippen LogP contribution in [0.3, 0.4) is 0 Å². The van der Waals surface area contributed by atoms with E-state index >= 15 is 0 Å². The Kier molecular flexibility index (Phi) is 7.79. The number of nitro groups is 1. The highest BCUT2D eigenvalue weighted by Gasteiger charge is 2.31. The Labute approximate surface area is 244 Å². The number of nitrogens with zero attached hydrogens (tertiary/aromatic N) is 2. The summed E-state index contributed by atoms with van der Waals surface area (Å²) in [5, 5.41) is 11.5. The van der Waals surface area contributed by atoms with Crippen molar-refractivity contribution in [3.8, 4) is 5.75 Å². The van der Waals surface area contributed by atoms with E-state index in [-0.39, 0.29) is 15.5 Å². The van der Waals surface area contributed by atoms with Crippen LogP contribution >= 0.6 is 0 Å². The highest BCUT2D eigenvalue weighted by molar-refractivity contribution is 7.89. The minimum Gasteiger partial charge on any atom is -0.493 e. The molecule has 6 rings (SSSR count). The van der Waals surface area contributed by atoms with Gasteiger partial charge in [0.25, 0.3) is 5.69 Å². The first-order chi connectivity index (χ1) is 20.3. The van der Waals surface area contributed by atoms with Crippen molar-refractivity contribution in [2.45, 2.75) is 37.0 Å². The van der Waals surface area contributed by atoms with Gasteiger partial charge in [0, 0.05) is 30.8 Å². The van der Waals surface area contributed by atoms with Gasteiger partial charge in [-0.2, -0.15) is 4.31 Å². The second kappa shape index (κ2) is 11.7. The first-order valence-corrected chi connectivity index (χ1v) is 15.6. The number of para-hydroxylation sites is 1. The van der Waals surface area contributed by atoms with Crippen LogP contribution in [-0.2, 0) is 10.0 Å². The SMILES string of the molecule is O=[N+]([O-])c1ccc2c(c1)C(=Cc1ccccc1OCCC1CCN(S(=O)(=O)c3ccc(F)cc3)CC1)C1=CCCC=C12. The molecule has 0 unspecified atom stereocenters. The molecular formula is C33H31FN2O5S. The van der Waals surface area contributed by atoms with E-state index in [1.54, 1.807) is 12.1 Å². The van der Waals surface area contributed by atoms with Gasteiger partial charge in [-0.1, -0.05) is 30.4 Å². The zero-order chi connectivity index (χ0) is 29.3. The van der Waals surface area contributed by atoms with E-state index in [0.29, 0.717) is 25.6 Å². The van der Waals surface area contributed by atoms with Crippen molar-refractivity contribution in [2.24, 2.45) is 5.92 Å². The van der Waals surface area contributed by atoms with E-state index in [0.717, 1.165) is 71.3 Å². The summed E-state index contributed by atoms with van der Waals surface area (Å²) in [5.74, 6) is 0.606. The molecule has 0 aromatic heterocycles. The summed E-state index contributed by atoms with van der Waals surface area (Å²) in [6, 6.07) is 17.8. The predicted molar refractivity (Wildman–Crippen MR) is 161 cm³/mol. The number of allylic oxidation sites excluding steroid dienone is 5. The van der Waals surface area contributed by atoms with Crippen molar-refractivity contribution in [2.75, 3.05) is 19.7 Å². The van der Waals surface area contributed by atoms with Crippen LogP contribution in [0.5, 0.6) is 5.75 Å². The molecule has 3 aromatic rings. The summed E-state index contributed by atoms with van der Waals surface area (Å²) in [4.78, 5) is 11.3. The lowest BCUT2D eigenvalue weighted by Crippen LogP contribution is -2.38. The molecule has 1 fully saturated rings. The molecule has 7 nitrogen and oxygen atoms in total. The molecule has 0 N–H and O–H groups in total. The Morgan fingerprint density at radius 3 is 2.40 bits per heavy atom. The van der Waals surface area contributed by atoms with Crippen LogP contribution in [0.2, 0.25) is 0 Å². The van der Waals surface area contributed by atoms with Crippen LogP contribution in [-0.4, -0.2) is 37.3 Å². The molecule has 0 spiro atoms. The second-order valence-electron chi connectivity index (χ2n) is 10.8. The molecule has 0 amide bonds. The van der Waals surface area contributed by atoms with Crippen LogP contribution < -0.4 is 4.74 Å². The normalized spacial score (nSPS) is 18.3. The molecule has 2 aliphatic carbocycles. The van der Waals surface area contributed by atoms with Gasteiger partial charge in [0.05, 0.1) is 16.4 Å². The Balaban J connectivity index is 1.13. The number of ether oxygens (including phenoxy) is 1. The summed E-state index contributed by atoms with van der Waals surface area (Å²) in [6.45, 7) is 1.33. The Morgan fingerprint density at radius 2 is 1.67 bits per heavy atom. The van der Waals surface area contributed by atoms with Gasteiger partial charge in [0.15, 0.2) is 0 Å². The number of halogens is 1. The molecule has 3 aliphatic rings. The van der Waals surface area contributed by atoms with Crippen LogP contribution in [0, 0.1) is 21.8 Å². The molecule has 0 atom stereocenters. The lowest BCUT2D eigenvalue weighted by molar-refractivity contribution is -0.384.